The lowest BCUT2D eigenvalue weighted by molar-refractivity contribution is 0.0946. The van der Waals surface area contributed by atoms with Crippen LogP contribution in [0, 0.1) is 6.92 Å². The Morgan fingerprint density at radius 2 is 2.10 bits per heavy atom. The van der Waals surface area contributed by atoms with Crippen molar-refractivity contribution in [2.24, 2.45) is 0 Å². The van der Waals surface area contributed by atoms with Crippen LogP contribution in [0.2, 0.25) is 0 Å². The summed E-state index contributed by atoms with van der Waals surface area (Å²) in [5, 5.41) is 5.92. The molecule has 0 aromatic carbocycles. The van der Waals surface area contributed by atoms with Crippen LogP contribution in [0.5, 0.6) is 0 Å². The van der Waals surface area contributed by atoms with Gasteiger partial charge in [0.25, 0.3) is 5.91 Å². The molecular weight excluding hydrogens is 252 g/mol. The van der Waals surface area contributed by atoms with Gasteiger partial charge in [0, 0.05) is 25.0 Å². The Labute approximate surface area is 118 Å². The van der Waals surface area contributed by atoms with Crippen molar-refractivity contribution in [3.05, 3.63) is 53.5 Å². The maximum Gasteiger partial charge on any atom is 0.270 e. The molecule has 1 amide bonds. The molecule has 104 valence electrons. The summed E-state index contributed by atoms with van der Waals surface area (Å²) in [6.45, 7) is 5.13. The molecule has 5 heteroatoms. The smallest absolute Gasteiger partial charge is 0.270 e. The predicted octanol–water partition coefficient (Wildman–Crippen LogP) is 2.15. The van der Waals surface area contributed by atoms with E-state index < -0.39 is 0 Å². The van der Waals surface area contributed by atoms with Crippen molar-refractivity contribution < 1.29 is 4.79 Å². The van der Waals surface area contributed by atoms with Crippen molar-refractivity contribution in [1.82, 2.24) is 15.3 Å². The zero-order chi connectivity index (χ0) is 14.4. The number of rotatable bonds is 5. The van der Waals surface area contributed by atoms with E-state index in [2.05, 4.69) is 20.6 Å². The molecule has 0 spiro atoms. The van der Waals surface area contributed by atoms with Crippen LogP contribution < -0.4 is 10.6 Å². The van der Waals surface area contributed by atoms with Crippen molar-refractivity contribution in [3.8, 4) is 0 Å². The molecule has 0 radical (unpaired) electrons. The second-order valence-corrected chi connectivity index (χ2v) is 4.43. The summed E-state index contributed by atoms with van der Waals surface area (Å²) in [6.07, 6.45) is 1.76. The van der Waals surface area contributed by atoms with Gasteiger partial charge in [-0.25, -0.2) is 4.98 Å². The van der Waals surface area contributed by atoms with Gasteiger partial charge in [-0.3, -0.25) is 9.78 Å². The quantitative estimate of drug-likeness (QED) is 0.873. The van der Waals surface area contributed by atoms with Gasteiger partial charge >= 0.3 is 0 Å². The zero-order valence-corrected chi connectivity index (χ0v) is 11.7. The van der Waals surface area contributed by atoms with Crippen molar-refractivity contribution in [3.63, 3.8) is 0 Å². The van der Waals surface area contributed by atoms with Crippen LogP contribution in [0.15, 0.2) is 36.5 Å². The molecule has 0 saturated heterocycles. The Kier molecular flexibility index (Phi) is 4.65. The van der Waals surface area contributed by atoms with Crippen molar-refractivity contribution in [1.29, 1.82) is 0 Å². The minimum atomic E-state index is -0.190. The molecule has 2 rings (SSSR count). The first kappa shape index (κ1) is 14.0. The molecular formula is C15H18N4O. The standard InChI is InChI=1S/C15H18N4O/c1-3-16-14-6-4-5-13(19-14)15(20)18-10-12-8-7-11(2)17-9-12/h4-9H,3,10H2,1-2H3,(H,16,19)(H,18,20). The molecule has 0 bridgehead atoms. The van der Waals surface area contributed by atoms with Gasteiger partial charge in [-0.1, -0.05) is 12.1 Å². The normalized spacial score (nSPS) is 10.1. The molecule has 0 unspecified atom stereocenters. The van der Waals surface area contributed by atoms with Gasteiger partial charge in [0.2, 0.25) is 0 Å². The molecule has 0 saturated carbocycles. The van der Waals surface area contributed by atoms with E-state index in [1.165, 1.54) is 0 Å². The number of pyridine rings is 2. The van der Waals surface area contributed by atoms with Crippen LogP contribution in [0.4, 0.5) is 5.82 Å². The summed E-state index contributed by atoms with van der Waals surface area (Å²) in [5.74, 6) is 0.516. The Bertz CT molecular complexity index is 581. The van der Waals surface area contributed by atoms with E-state index in [1.807, 2.05) is 38.1 Å². The maximum absolute atomic E-state index is 12.0. The molecule has 5 nitrogen and oxygen atoms in total. The van der Waals surface area contributed by atoms with E-state index >= 15 is 0 Å². The number of aryl methyl sites for hydroxylation is 1. The molecule has 2 aromatic heterocycles. The van der Waals surface area contributed by atoms with E-state index in [4.69, 9.17) is 0 Å². The Morgan fingerprint density at radius 3 is 2.80 bits per heavy atom. The lowest BCUT2D eigenvalue weighted by Crippen LogP contribution is -2.24. The van der Waals surface area contributed by atoms with Gasteiger partial charge in [0.15, 0.2) is 0 Å². The van der Waals surface area contributed by atoms with Crippen LogP contribution in [-0.2, 0) is 6.54 Å². The van der Waals surface area contributed by atoms with Crippen LogP contribution in [-0.4, -0.2) is 22.4 Å². The van der Waals surface area contributed by atoms with Crippen LogP contribution in [0.1, 0.15) is 28.7 Å². The number of carbonyl (C=O) groups is 1. The van der Waals surface area contributed by atoms with E-state index in [0.717, 1.165) is 17.8 Å². The van der Waals surface area contributed by atoms with Crippen LogP contribution in [0.3, 0.4) is 0 Å². The molecule has 0 atom stereocenters. The topological polar surface area (TPSA) is 66.9 Å². The SMILES string of the molecule is CCNc1cccc(C(=O)NCc2ccc(C)nc2)n1. The Hall–Kier alpha value is -2.43. The minimum absolute atomic E-state index is 0.190. The Morgan fingerprint density at radius 1 is 1.25 bits per heavy atom. The lowest BCUT2D eigenvalue weighted by atomic mass is 10.2. The number of hydrogen-bond acceptors (Lipinski definition) is 4. The number of carbonyl (C=O) groups excluding carboxylic acids is 1. The highest BCUT2D eigenvalue weighted by Crippen LogP contribution is 2.05. The van der Waals surface area contributed by atoms with E-state index in [9.17, 15) is 4.79 Å². The van der Waals surface area contributed by atoms with Gasteiger partial charge in [-0.05, 0) is 37.6 Å². The van der Waals surface area contributed by atoms with E-state index in [1.54, 1.807) is 12.3 Å². The molecule has 0 aliphatic carbocycles. The summed E-state index contributed by atoms with van der Waals surface area (Å²) in [6, 6.07) is 9.22. The summed E-state index contributed by atoms with van der Waals surface area (Å²) < 4.78 is 0. The fourth-order valence-electron chi connectivity index (χ4n) is 1.72. The van der Waals surface area contributed by atoms with Crippen molar-refractivity contribution >= 4 is 11.7 Å². The first-order chi connectivity index (χ1) is 9.69. The molecule has 2 aromatic rings. The van der Waals surface area contributed by atoms with Crippen LogP contribution >= 0.6 is 0 Å². The largest absolute Gasteiger partial charge is 0.370 e. The predicted molar refractivity (Wildman–Crippen MR) is 78.5 cm³/mol. The summed E-state index contributed by atoms with van der Waals surface area (Å²) in [4.78, 5) is 20.5. The fourth-order valence-corrected chi connectivity index (χ4v) is 1.72. The van der Waals surface area contributed by atoms with Gasteiger partial charge < -0.3 is 10.6 Å². The fraction of sp³-hybridized carbons (Fsp3) is 0.267. The average molecular weight is 270 g/mol. The maximum atomic E-state index is 12.0. The summed E-state index contributed by atoms with van der Waals surface area (Å²) in [7, 11) is 0. The molecule has 2 heterocycles. The molecule has 2 N–H and O–H groups in total. The third kappa shape index (κ3) is 3.78. The first-order valence-electron chi connectivity index (χ1n) is 6.59. The zero-order valence-electron chi connectivity index (χ0n) is 11.7. The Balaban J connectivity index is 1.97. The lowest BCUT2D eigenvalue weighted by Gasteiger charge is -2.07. The second kappa shape index (κ2) is 6.65. The molecule has 0 aliphatic heterocycles. The second-order valence-electron chi connectivity index (χ2n) is 4.43. The van der Waals surface area contributed by atoms with Gasteiger partial charge in [0.1, 0.15) is 11.5 Å². The van der Waals surface area contributed by atoms with Crippen LogP contribution in [0.25, 0.3) is 0 Å². The highest BCUT2D eigenvalue weighted by atomic mass is 16.1. The van der Waals surface area contributed by atoms with Crippen molar-refractivity contribution in [2.75, 3.05) is 11.9 Å². The third-order valence-electron chi connectivity index (χ3n) is 2.77. The monoisotopic (exact) mass is 270 g/mol. The number of nitrogens with one attached hydrogen (secondary N) is 2. The molecule has 20 heavy (non-hydrogen) atoms. The third-order valence-corrected chi connectivity index (χ3v) is 2.77. The summed E-state index contributed by atoms with van der Waals surface area (Å²) in [5.41, 5.74) is 2.33. The first-order valence-corrected chi connectivity index (χ1v) is 6.59. The van der Waals surface area contributed by atoms with E-state index in [0.29, 0.717) is 18.1 Å². The highest BCUT2D eigenvalue weighted by molar-refractivity contribution is 5.92. The highest BCUT2D eigenvalue weighted by Gasteiger charge is 2.07. The average Bonchev–Trinajstić information content (AvgIpc) is 2.47. The number of hydrogen-bond donors (Lipinski definition) is 2. The number of amides is 1. The number of nitrogens with zero attached hydrogens (tertiary/aromatic N) is 2. The number of aromatic nitrogens is 2. The van der Waals surface area contributed by atoms with Gasteiger partial charge in [0.05, 0.1) is 0 Å². The summed E-state index contributed by atoms with van der Waals surface area (Å²) >= 11 is 0. The number of anilines is 1. The molecule has 0 aliphatic rings. The molecule has 0 fully saturated rings. The van der Waals surface area contributed by atoms with Gasteiger partial charge in [-0.15, -0.1) is 0 Å². The van der Waals surface area contributed by atoms with Gasteiger partial charge in [-0.2, -0.15) is 0 Å². The van der Waals surface area contributed by atoms with Crippen molar-refractivity contribution in [2.45, 2.75) is 20.4 Å². The minimum Gasteiger partial charge on any atom is -0.370 e. The van der Waals surface area contributed by atoms with E-state index in [-0.39, 0.29) is 5.91 Å².